The normalized spacial score (nSPS) is 18.6. The number of rotatable bonds is 4. The molecule has 0 radical (unpaired) electrons. The molecule has 152 valence electrons. The van der Waals surface area contributed by atoms with E-state index in [0.29, 0.717) is 35.9 Å². The van der Waals surface area contributed by atoms with Gasteiger partial charge in [-0.3, -0.25) is 4.79 Å². The van der Waals surface area contributed by atoms with E-state index in [1.165, 1.54) is 11.8 Å². The average molecular weight is 402 g/mol. The van der Waals surface area contributed by atoms with Crippen molar-refractivity contribution in [2.24, 2.45) is 0 Å². The molecule has 1 aromatic carbocycles. The van der Waals surface area contributed by atoms with Crippen LogP contribution in [0.5, 0.6) is 0 Å². The summed E-state index contributed by atoms with van der Waals surface area (Å²) in [6.07, 6.45) is 3.89. The molecule has 1 fully saturated rings. The van der Waals surface area contributed by atoms with Gasteiger partial charge in [0.15, 0.2) is 11.5 Å². The Bertz CT molecular complexity index is 1070. The molecule has 2 atom stereocenters. The van der Waals surface area contributed by atoms with Gasteiger partial charge < -0.3 is 14.7 Å². The van der Waals surface area contributed by atoms with Crippen LogP contribution < -0.4 is 10.2 Å². The smallest absolute Gasteiger partial charge is 0.257 e. The van der Waals surface area contributed by atoms with E-state index in [1.54, 1.807) is 20.0 Å². The Kier molecular flexibility index (Phi) is 5.44. The number of nitriles is 1. The maximum absolute atomic E-state index is 13.0. The van der Waals surface area contributed by atoms with E-state index in [0.717, 1.165) is 6.42 Å². The number of piperidine rings is 1. The molecule has 0 spiro atoms. The van der Waals surface area contributed by atoms with Gasteiger partial charge in [-0.05, 0) is 25.8 Å². The number of anilines is 1. The molecule has 1 aliphatic heterocycles. The molecular formula is C22H22N6O2. The molecule has 1 N–H and O–H groups in total. The van der Waals surface area contributed by atoms with Crippen LogP contribution in [0.25, 0.3) is 0 Å². The Balaban J connectivity index is 1.64. The van der Waals surface area contributed by atoms with Gasteiger partial charge in [-0.1, -0.05) is 35.5 Å². The molecule has 8 heteroatoms. The van der Waals surface area contributed by atoms with Crippen LogP contribution in [0.15, 0.2) is 47.2 Å². The second kappa shape index (κ2) is 8.33. The Labute approximate surface area is 174 Å². The van der Waals surface area contributed by atoms with Crippen molar-refractivity contribution in [1.29, 1.82) is 5.26 Å². The van der Waals surface area contributed by atoms with Gasteiger partial charge in [-0.15, -0.1) is 0 Å². The third-order valence-electron chi connectivity index (χ3n) is 5.50. The molecule has 4 rings (SSSR count). The zero-order valence-corrected chi connectivity index (χ0v) is 16.9. The molecule has 0 saturated carbocycles. The van der Waals surface area contributed by atoms with Crippen LogP contribution in [0, 0.1) is 25.2 Å². The highest BCUT2D eigenvalue weighted by molar-refractivity contribution is 5.96. The fourth-order valence-electron chi connectivity index (χ4n) is 4.08. The number of carbonyl (C=O) groups excluding carboxylic acids is 1. The van der Waals surface area contributed by atoms with E-state index < -0.39 is 0 Å². The summed E-state index contributed by atoms with van der Waals surface area (Å²) in [4.78, 5) is 23.6. The third-order valence-corrected chi connectivity index (χ3v) is 5.50. The molecule has 3 heterocycles. The SMILES string of the molecule is Cc1noc(C)c1C(=O)N[C@H]1CN(c2nccnc2C#N)CC[C@H]1c1ccccc1. The summed E-state index contributed by atoms with van der Waals surface area (Å²) < 4.78 is 5.16. The van der Waals surface area contributed by atoms with Crippen molar-refractivity contribution in [3.8, 4) is 6.07 Å². The summed E-state index contributed by atoms with van der Waals surface area (Å²) in [6.45, 7) is 4.72. The number of nitrogens with one attached hydrogen (secondary N) is 1. The predicted molar refractivity (Wildman–Crippen MR) is 110 cm³/mol. The van der Waals surface area contributed by atoms with Gasteiger partial charge in [0.2, 0.25) is 0 Å². The van der Waals surface area contributed by atoms with Crippen molar-refractivity contribution in [2.45, 2.75) is 32.2 Å². The van der Waals surface area contributed by atoms with E-state index in [2.05, 4.69) is 38.6 Å². The van der Waals surface area contributed by atoms with E-state index in [1.807, 2.05) is 23.1 Å². The van der Waals surface area contributed by atoms with Crippen LogP contribution >= 0.6 is 0 Å². The highest BCUT2D eigenvalue weighted by Crippen LogP contribution is 2.31. The lowest BCUT2D eigenvalue weighted by molar-refractivity contribution is 0.0925. The van der Waals surface area contributed by atoms with E-state index in [4.69, 9.17) is 4.52 Å². The van der Waals surface area contributed by atoms with Crippen molar-refractivity contribution in [2.75, 3.05) is 18.0 Å². The number of amides is 1. The third kappa shape index (κ3) is 3.74. The fourth-order valence-corrected chi connectivity index (χ4v) is 4.08. The minimum atomic E-state index is -0.210. The molecule has 3 aromatic rings. The Morgan fingerprint density at radius 3 is 2.70 bits per heavy atom. The van der Waals surface area contributed by atoms with Gasteiger partial charge in [0, 0.05) is 31.4 Å². The Morgan fingerprint density at radius 1 is 1.23 bits per heavy atom. The number of hydrogen-bond donors (Lipinski definition) is 1. The van der Waals surface area contributed by atoms with Gasteiger partial charge in [-0.2, -0.15) is 5.26 Å². The van der Waals surface area contributed by atoms with Crippen molar-refractivity contribution < 1.29 is 9.32 Å². The van der Waals surface area contributed by atoms with Gasteiger partial charge in [0.25, 0.3) is 5.91 Å². The maximum atomic E-state index is 13.0. The van der Waals surface area contributed by atoms with Gasteiger partial charge in [-0.25, -0.2) is 9.97 Å². The standard InChI is InChI=1S/C22H22N6O2/c1-14-20(15(2)30-27-14)22(29)26-19-13-28(21-18(12-23)24-9-10-25-21)11-8-17(19)16-6-4-3-5-7-16/h3-7,9-10,17,19H,8,11,13H2,1-2H3,(H,26,29)/t17-,19-/m0/s1. The highest BCUT2D eigenvalue weighted by atomic mass is 16.5. The first-order valence-electron chi connectivity index (χ1n) is 9.83. The lowest BCUT2D eigenvalue weighted by Crippen LogP contribution is -2.52. The minimum absolute atomic E-state index is 0.133. The van der Waals surface area contributed by atoms with Crippen LogP contribution in [-0.4, -0.2) is 40.2 Å². The van der Waals surface area contributed by atoms with Crippen molar-refractivity contribution in [3.05, 3.63) is 71.0 Å². The van der Waals surface area contributed by atoms with E-state index in [-0.39, 0.29) is 23.6 Å². The summed E-state index contributed by atoms with van der Waals surface area (Å²) in [7, 11) is 0. The molecule has 0 bridgehead atoms. The largest absolute Gasteiger partial charge is 0.361 e. The van der Waals surface area contributed by atoms with Crippen LogP contribution in [0.2, 0.25) is 0 Å². The lowest BCUT2D eigenvalue weighted by Gasteiger charge is -2.39. The van der Waals surface area contributed by atoms with Crippen molar-refractivity contribution >= 4 is 11.7 Å². The van der Waals surface area contributed by atoms with Crippen LogP contribution in [-0.2, 0) is 0 Å². The molecule has 0 aliphatic carbocycles. The summed E-state index contributed by atoms with van der Waals surface area (Å²) in [5, 5.41) is 16.5. The molecule has 1 amide bonds. The molecular weight excluding hydrogens is 380 g/mol. The number of hydrogen-bond acceptors (Lipinski definition) is 7. The highest BCUT2D eigenvalue weighted by Gasteiger charge is 2.34. The predicted octanol–water partition coefficient (Wildman–Crippen LogP) is 2.75. The van der Waals surface area contributed by atoms with Crippen molar-refractivity contribution in [1.82, 2.24) is 20.4 Å². The van der Waals surface area contributed by atoms with Crippen molar-refractivity contribution in [3.63, 3.8) is 0 Å². The molecule has 1 aliphatic rings. The topological polar surface area (TPSA) is 108 Å². The summed E-state index contributed by atoms with van der Waals surface area (Å²) >= 11 is 0. The minimum Gasteiger partial charge on any atom is -0.361 e. The zero-order chi connectivity index (χ0) is 21.1. The second-order valence-electron chi connectivity index (χ2n) is 7.37. The first-order chi connectivity index (χ1) is 14.6. The maximum Gasteiger partial charge on any atom is 0.257 e. The summed E-state index contributed by atoms with van der Waals surface area (Å²) in [5.74, 6) is 0.963. The summed E-state index contributed by atoms with van der Waals surface area (Å²) in [5.41, 5.74) is 2.48. The van der Waals surface area contributed by atoms with Crippen LogP contribution in [0.4, 0.5) is 5.82 Å². The first-order valence-corrected chi connectivity index (χ1v) is 9.83. The van der Waals surface area contributed by atoms with Gasteiger partial charge in [0.05, 0.1) is 11.7 Å². The summed E-state index contributed by atoms with van der Waals surface area (Å²) in [6, 6.07) is 12.1. The van der Waals surface area contributed by atoms with Gasteiger partial charge >= 0.3 is 0 Å². The lowest BCUT2D eigenvalue weighted by atomic mass is 9.85. The number of nitrogens with zero attached hydrogens (tertiary/aromatic N) is 5. The Hall–Kier alpha value is -3.73. The number of carbonyl (C=O) groups is 1. The number of benzene rings is 1. The average Bonchev–Trinajstić information content (AvgIpc) is 3.12. The molecule has 0 unspecified atom stereocenters. The first kappa shape index (κ1) is 19.6. The molecule has 2 aromatic heterocycles. The molecule has 30 heavy (non-hydrogen) atoms. The quantitative estimate of drug-likeness (QED) is 0.715. The fraction of sp³-hybridized carbons (Fsp3) is 0.318. The molecule has 8 nitrogen and oxygen atoms in total. The zero-order valence-electron chi connectivity index (χ0n) is 16.9. The number of aryl methyl sites for hydroxylation is 2. The van der Waals surface area contributed by atoms with E-state index >= 15 is 0 Å². The Morgan fingerprint density at radius 2 is 2.00 bits per heavy atom. The second-order valence-corrected chi connectivity index (χ2v) is 7.37. The van der Waals surface area contributed by atoms with E-state index in [9.17, 15) is 10.1 Å². The number of aromatic nitrogens is 3. The van der Waals surface area contributed by atoms with Crippen LogP contribution in [0.1, 0.15) is 45.4 Å². The van der Waals surface area contributed by atoms with Gasteiger partial charge in [0.1, 0.15) is 17.4 Å². The molecule has 1 saturated heterocycles. The monoisotopic (exact) mass is 402 g/mol. The van der Waals surface area contributed by atoms with Crippen LogP contribution in [0.3, 0.4) is 0 Å².